The number of nitriles is 1. The van der Waals surface area contributed by atoms with Gasteiger partial charge in [0.1, 0.15) is 5.92 Å². The predicted molar refractivity (Wildman–Crippen MR) is 63.9 cm³/mol. The number of ether oxygens (including phenoxy) is 1. The second-order valence-electron chi connectivity index (χ2n) is 3.68. The molecule has 1 aromatic rings. The minimum atomic E-state index is -0.607. The number of nitrogens with zero attached hydrogens (tertiary/aromatic N) is 1. The third kappa shape index (κ3) is 5.14. The summed E-state index contributed by atoms with van der Waals surface area (Å²) in [5.74, 6) is -0.861. The molecule has 0 aliphatic carbocycles. The van der Waals surface area contributed by atoms with Crippen molar-refractivity contribution >= 4 is 5.91 Å². The lowest BCUT2D eigenvalue weighted by Gasteiger charge is -2.07. The van der Waals surface area contributed by atoms with Crippen LogP contribution >= 0.6 is 0 Å². The normalized spacial score (nSPS) is 11.5. The lowest BCUT2D eigenvalue weighted by Crippen LogP contribution is -2.31. The maximum atomic E-state index is 11.2. The van der Waals surface area contributed by atoms with E-state index in [-0.39, 0.29) is 5.91 Å². The summed E-state index contributed by atoms with van der Waals surface area (Å²) in [5.41, 5.74) is 1.10. The van der Waals surface area contributed by atoms with Gasteiger partial charge >= 0.3 is 0 Å². The molecule has 0 aromatic heterocycles. The summed E-state index contributed by atoms with van der Waals surface area (Å²) >= 11 is 0. The van der Waals surface area contributed by atoms with Gasteiger partial charge in [-0.1, -0.05) is 30.3 Å². The molecule has 1 atom stereocenters. The Balaban J connectivity index is 2.10. The average molecular weight is 232 g/mol. The Hall–Kier alpha value is -1.86. The molecule has 0 heterocycles. The highest BCUT2D eigenvalue weighted by atomic mass is 16.5. The van der Waals surface area contributed by atoms with Crippen molar-refractivity contribution in [2.24, 2.45) is 5.92 Å². The maximum absolute atomic E-state index is 11.2. The zero-order chi connectivity index (χ0) is 12.5. The molecule has 0 fully saturated rings. The van der Waals surface area contributed by atoms with E-state index in [0.29, 0.717) is 19.8 Å². The third-order valence-electron chi connectivity index (χ3n) is 2.24. The van der Waals surface area contributed by atoms with Crippen LogP contribution in [0.3, 0.4) is 0 Å². The number of nitrogens with one attached hydrogen (secondary N) is 1. The lowest BCUT2D eigenvalue weighted by molar-refractivity contribution is -0.123. The maximum Gasteiger partial charge on any atom is 0.237 e. The van der Waals surface area contributed by atoms with Gasteiger partial charge in [-0.2, -0.15) is 5.26 Å². The molecule has 17 heavy (non-hydrogen) atoms. The monoisotopic (exact) mass is 232 g/mol. The van der Waals surface area contributed by atoms with Crippen LogP contribution in [0.1, 0.15) is 12.5 Å². The van der Waals surface area contributed by atoms with E-state index in [9.17, 15) is 4.79 Å². The molecule has 1 aromatic carbocycles. The van der Waals surface area contributed by atoms with Crippen LogP contribution in [0.15, 0.2) is 30.3 Å². The highest BCUT2D eigenvalue weighted by Crippen LogP contribution is 1.99. The number of benzene rings is 1. The summed E-state index contributed by atoms with van der Waals surface area (Å²) in [4.78, 5) is 11.2. The summed E-state index contributed by atoms with van der Waals surface area (Å²) in [6.07, 6.45) is 0. The first-order valence-corrected chi connectivity index (χ1v) is 5.53. The number of hydrogen-bond acceptors (Lipinski definition) is 3. The van der Waals surface area contributed by atoms with Crippen LogP contribution < -0.4 is 5.32 Å². The second-order valence-corrected chi connectivity index (χ2v) is 3.68. The fourth-order valence-corrected chi connectivity index (χ4v) is 1.22. The van der Waals surface area contributed by atoms with Gasteiger partial charge in [-0.15, -0.1) is 0 Å². The number of hydrogen-bond donors (Lipinski definition) is 1. The van der Waals surface area contributed by atoms with Crippen molar-refractivity contribution in [3.05, 3.63) is 35.9 Å². The van der Waals surface area contributed by atoms with Gasteiger partial charge in [0.25, 0.3) is 0 Å². The smallest absolute Gasteiger partial charge is 0.237 e. The Labute approximate surface area is 101 Å². The molecule has 0 bridgehead atoms. The molecule has 4 nitrogen and oxygen atoms in total. The Kier molecular flexibility index (Phi) is 5.76. The third-order valence-corrected chi connectivity index (χ3v) is 2.24. The van der Waals surface area contributed by atoms with E-state index in [2.05, 4.69) is 5.32 Å². The standard InChI is InChI=1S/C13H16N2O2/c1-11(9-14)13(16)15-7-8-17-10-12-5-3-2-4-6-12/h2-6,11H,7-8,10H2,1H3,(H,15,16). The minimum Gasteiger partial charge on any atom is -0.375 e. The first kappa shape index (κ1) is 13.2. The highest BCUT2D eigenvalue weighted by molar-refractivity contribution is 5.80. The van der Waals surface area contributed by atoms with Gasteiger partial charge in [-0.05, 0) is 12.5 Å². The van der Waals surface area contributed by atoms with E-state index >= 15 is 0 Å². The van der Waals surface area contributed by atoms with Gasteiger partial charge < -0.3 is 10.1 Å². The van der Waals surface area contributed by atoms with Gasteiger partial charge in [0, 0.05) is 6.54 Å². The van der Waals surface area contributed by atoms with Crippen LogP contribution in [0.25, 0.3) is 0 Å². The van der Waals surface area contributed by atoms with Gasteiger partial charge in [0.15, 0.2) is 0 Å². The molecule has 0 saturated heterocycles. The lowest BCUT2D eigenvalue weighted by atomic mass is 10.2. The van der Waals surface area contributed by atoms with Crippen molar-refractivity contribution < 1.29 is 9.53 Å². The number of carbonyl (C=O) groups is 1. The average Bonchev–Trinajstić information content (AvgIpc) is 2.38. The van der Waals surface area contributed by atoms with Crippen molar-refractivity contribution in [3.63, 3.8) is 0 Å². The number of rotatable bonds is 6. The van der Waals surface area contributed by atoms with Gasteiger partial charge in [0.05, 0.1) is 19.3 Å². The van der Waals surface area contributed by atoms with Crippen LogP contribution in [-0.4, -0.2) is 19.1 Å². The summed E-state index contributed by atoms with van der Waals surface area (Å²) < 4.78 is 5.39. The van der Waals surface area contributed by atoms with E-state index in [1.807, 2.05) is 36.4 Å². The molecule has 1 unspecified atom stereocenters. The quantitative estimate of drug-likeness (QED) is 0.756. The molecule has 1 rings (SSSR count). The largest absolute Gasteiger partial charge is 0.375 e. The van der Waals surface area contributed by atoms with E-state index in [1.54, 1.807) is 6.92 Å². The van der Waals surface area contributed by atoms with Gasteiger partial charge in [-0.3, -0.25) is 4.79 Å². The van der Waals surface area contributed by atoms with Gasteiger partial charge in [0.2, 0.25) is 5.91 Å². The van der Waals surface area contributed by atoms with Crippen LogP contribution in [-0.2, 0) is 16.1 Å². The Morgan fingerprint density at radius 2 is 2.18 bits per heavy atom. The molecule has 0 saturated carbocycles. The van der Waals surface area contributed by atoms with Crippen LogP contribution in [0.2, 0.25) is 0 Å². The second kappa shape index (κ2) is 7.42. The fraction of sp³-hybridized carbons (Fsp3) is 0.385. The summed E-state index contributed by atoms with van der Waals surface area (Å²) in [6, 6.07) is 11.7. The van der Waals surface area contributed by atoms with Crippen molar-refractivity contribution in [1.29, 1.82) is 5.26 Å². The first-order chi connectivity index (χ1) is 8.24. The fourth-order valence-electron chi connectivity index (χ4n) is 1.22. The molecule has 4 heteroatoms. The first-order valence-electron chi connectivity index (χ1n) is 5.53. The van der Waals surface area contributed by atoms with E-state index in [0.717, 1.165) is 5.56 Å². The van der Waals surface area contributed by atoms with Gasteiger partial charge in [-0.25, -0.2) is 0 Å². The summed E-state index contributed by atoms with van der Waals surface area (Å²) in [6.45, 7) is 2.97. The van der Waals surface area contributed by atoms with Crippen LogP contribution in [0, 0.1) is 17.2 Å². The molecule has 0 aliphatic rings. The molecular formula is C13H16N2O2. The summed E-state index contributed by atoms with van der Waals surface area (Å²) in [7, 11) is 0. The van der Waals surface area contributed by atoms with Crippen molar-refractivity contribution in [3.8, 4) is 6.07 Å². The molecule has 0 radical (unpaired) electrons. The highest BCUT2D eigenvalue weighted by Gasteiger charge is 2.09. The zero-order valence-corrected chi connectivity index (χ0v) is 9.85. The van der Waals surface area contributed by atoms with Crippen molar-refractivity contribution in [1.82, 2.24) is 5.32 Å². The molecule has 0 spiro atoms. The number of carbonyl (C=O) groups excluding carboxylic acids is 1. The van der Waals surface area contributed by atoms with E-state index in [4.69, 9.17) is 10.00 Å². The summed E-state index contributed by atoms with van der Waals surface area (Å²) in [5, 5.41) is 11.1. The number of amides is 1. The van der Waals surface area contributed by atoms with Crippen molar-refractivity contribution in [2.45, 2.75) is 13.5 Å². The van der Waals surface area contributed by atoms with Crippen LogP contribution in [0.5, 0.6) is 0 Å². The van der Waals surface area contributed by atoms with Crippen molar-refractivity contribution in [2.75, 3.05) is 13.2 Å². The van der Waals surface area contributed by atoms with E-state index < -0.39 is 5.92 Å². The predicted octanol–water partition coefficient (Wildman–Crippen LogP) is 1.48. The Bertz CT molecular complexity index is 384. The SMILES string of the molecule is CC(C#N)C(=O)NCCOCc1ccccc1. The molecule has 0 aliphatic heterocycles. The molecule has 1 amide bonds. The van der Waals surface area contributed by atoms with Crippen LogP contribution in [0.4, 0.5) is 0 Å². The zero-order valence-electron chi connectivity index (χ0n) is 9.85. The minimum absolute atomic E-state index is 0.254. The molecule has 1 N–H and O–H groups in total. The Morgan fingerprint density at radius 3 is 2.82 bits per heavy atom. The molecular weight excluding hydrogens is 216 g/mol. The topological polar surface area (TPSA) is 62.1 Å². The Morgan fingerprint density at radius 1 is 1.47 bits per heavy atom. The van der Waals surface area contributed by atoms with E-state index in [1.165, 1.54) is 0 Å². The molecule has 90 valence electrons.